The number of hydrogen-bond donors (Lipinski definition) is 2. The van der Waals surface area contributed by atoms with Crippen LogP contribution in [-0.2, 0) is 4.79 Å². The monoisotopic (exact) mass is 427 g/mol. The number of benzene rings is 2. The quantitative estimate of drug-likeness (QED) is 0.346. The molecule has 146 valence electrons. The fraction of sp³-hybridized carbons (Fsp3) is 0. The zero-order valence-corrected chi connectivity index (χ0v) is 16.5. The fourth-order valence-corrected chi connectivity index (χ4v) is 3.18. The molecule has 0 unspecified atom stereocenters. The number of amides is 2. The van der Waals surface area contributed by atoms with Gasteiger partial charge in [-0.3, -0.25) is 9.59 Å². The average molecular weight is 428 g/mol. The maximum absolute atomic E-state index is 13.8. The molecule has 1 aromatic heterocycles. The molecule has 0 atom stereocenters. The molecule has 0 radical (unpaired) electrons. The van der Waals surface area contributed by atoms with E-state index in [4.69, 9.17) is 11.6 Å². The molecule has 0 aliphatic rings. The van der Waals surface area contributed by atoms with E-state index in [9.17, 15) is 14.0 Å². The molecule has 3 aromatic rings. The Bertz CT molecular complexity index is 1050. The summed E-state index contributed by atoms with van der Waals surface area (Å²) < 4.78 is 13.8. The Kier molecular flexibility index (Phi) is 6.89. The van der Waals surface area contributed by atoms with E-state index in [2.05, 4.69) is 15.8 Å². The van der Waals surface area contributed by atoms with Crippen LogP contribution in [0.1, 0.15) is 20.8 Å². The van der Waals surface area contributed by atoms with E-state index in [-0.39, 0.29) is 16.3 Å². The van der Waals surface area contributed by atoms with Gasteiger partial charge in [-0.25, -0.2) is 9.82 Å². The Morgan fingerprint density at radius 2 is 1.83 bits per heavy atom. The Labute approximate surface area is 175 Å². The van der Waals surface area contributed by atoms with Gasteiger partial charge in [0.05, 0.1) is 11.2 Å². The molecular formula is C21H15ClFN3O2S. The first-order valence-electron chi connectivity index (χ1n) is 8.43. The lowest BCUT2D eigenvalue weighted by atomic mass is 10.2. The molecule has 0 aliphatic heterocycles. The summed E-state index contributed by atoms with van der Waals surface area (Å²) in [5.74, 6) is -1.67. The Morgan fingerprint density at radius 1 is 1.03 bits per heavy atom. The second-order valence-electron chi connectivity index (χ2n) is 5.73. The summed E-state index contributed by atoms with van der Waals surface area (Å²) in [5, 5.41) is 8.35. The highest BCUT2D eigenvalue weighted by Crippen LogP contribution is 2.16. The smallest absolute Gasteiger partial charge is 0.287 e. The number of carbonyl (C=O) groups excluding carboxylic acids is 2. The largest absolute Gasteiger partial charge is 0.317 e. The minimum Gasteiger partial charge on any atom is -0.317 e. The summed E-state index contributed by atoms with van der Waals surface area (Å²) in [6.45, 7) is 0. The number of thiophene rings is 1. The normalized spacial score (nSPS) is 11.4. The molecule has 2 aromatic carbocycles. The van der Waals surface area contributed by atoms with Crippen molar-refractivity contribution in [3.63, 3.8) is 0 Å². The van der Waals surface area contributed by atoms with E-state index in [1.165, 1.54) is 35.6 Å². The predicted molar refractivity (Wildman–Crippen MR) is 113 cm³/mol. The van der Waals surface area contributed by atoms with E-state index < -0.39 is 17.6 Å². The van der Waals surface area contributed by atoms with E-state index in [1.54, 1.807) is 36.4 Å². The van der Waals surface area contributed by atoms with Crippen LogP contribution < -0.4 is 10.7 Å². The number of nitrogens with zero attached hydrogens (tertiary/aromatic N) is 1. The second-order valence-corrected chi connectivity index (χ2v) is 7.11. The molecule has 0 aliphatic carbocycles. The van der Waals surface area contributed by atoms with E-state index in [1.807, 2.05) is 11.4 Å². The summed E-state index contributed by atoms with van der Waals surface area (Å²) in [7, 11) is 0. The highest BCUT2D eigenvalue weighted by Gasteiger charge is 2.14. The van der Waals surface area contributed by atoms with E-state index in [0.717, 1.165) is 11.1 Å². The molecule has 8 heteroatoms. The molecule has 0 saturated carbocycles. The zero-order valence-electron chi connectivity index (χ0n) is 14.9. The van der Waals surface area contributed by atoms with Gasteiger partial charge in [-0.1, -0.05) is 41.9 Å². The number of hydrogen-bond acceptors (Lipinski definition) is 4. The van der Waals surface area contributed by atoms with Crippen molar-refractivity contribution < 1.29 is 14.0 Å². The van der Waals surface area contributed by atoms with Crippen LogP contribution in [0.25, 0.3) is 6.08 Å². The number of halogens is 2. The third-order valence-electron chi connectivity index (χ3n) is 3.72. The van der Waals surface area contributed by atoms with Gasteiger partial charge in [-0.15, -0.1) is 11.3 Å². The molecule has 0 saturated heterocycles. The van der Waals surface area contributed by atoms with Gasteiger partial charge >= 0.3 is 0 Å². The predicted octanol–water partition coefficient (Wildman–Crippen LogP) is 4.46. The van der Waals surface area contributed by atoms with Gasteiger partial charge in [0.15, 0.2) is 0 Å². The molecule has 2 N–H and O–H groups in total. The Balaban J connectivity index is 1.78. The van der Waals surface area contributed by atoms with Crippen molar-refractivity contribution in [3.05, 3.63) is 98.6 Å². The molecule has 1 heterocycles. The Morgan fingerprint density at radius 3 is 2.52 bits per heavy atom. The average Bonchev–Trinajstić information content (AvgIpc) is 3.23. The highest BCUT2D eigenvalue weighted by atomic mass is 35.5. The molecule has 5 nitrogen and oxygen atoms in total. The van der Waals surface area contributed by atoms with Crippen LogP contribution in [-0.4, -0.2) is 18.0 Å². The van der Waals surface area contributed by atoms with Gasteiger partial charge in [0.25, 0.3) is 11.8 Å². The summed E-state index contributed by atoms with van der Waals surface area (Å²) in [5.41, 5.74) is 2.73. The third-order valence-corrected chi connectivity index (χ3v) is 4.87. The van der Waals surface area contributed by atoms with Crippen LogP contribution in [0.3, 0.4) is 0 Å². The number of carbonyl (C=O) groups is 2. The minimum atomic E-state index is -0.661. The number of hydrazone groups is 1. The number of nitrogens with one attached hydrogen (secondary N) is 2. The van der Waals surface area contributed by atoms with Crippen LogP contribution in [0.15, 0.2) is 76.8 Å². The van der Waals surface area contributed by atoms with Crippen molar-refractivity contribution in [2.45, 2.75) is 0 Å². The number of rotatable bonds is 6. The van der Waals surface area contributed by atoms with Crippen molar-refractivity contribution in [2.24, 2.45) is 5.10 Å². The van der Waals surface area contributed by atoms with Crippen molar-refractivity contribution >= 4 is 47.0 Å². The molecule has 0 fully saturated rings. The molecule has 0 spiro atoms. The highest BCUT2D eigenvalue weighted by molar-refractivity contribution is 7.10. The first kappa shape index (κ1) is 20.4. The van der Waals surface area contributed by atoms with Gasteiger partial charge in [-0.05, 0) is 41.8 Å². The summed E-state index contributed by atoms with van der Waals surface area (Å²) in [6.07, 6.45) is 2.64. The van der Waals surface area contributed by atoms with Crippen molar-refractivity contribution in [1.29, 1.82) is 0 Å². The second kappa shape index (κ2) is 9.77. The molecule has 3 rings (SSSR count). The van der Waals surface area contributed by atoms with Crippen molar-refractivity contribution in [3.8, 4) is 0 Å². The lowest BCUT2D eigenvalue weighted by molar-refractivity contribution is -0.117. The third kappa shape index (κ3) is 5.60. The molecule has 2 amide bonds. The van der Waals surface area contributed by atoms with E-state index >= 15 is 0 Å². The standard InChI is InChI=1S/C21H15ClFN3O2S/c22-17-9-4-10-18(23)16(17)13-24-26-21(28)19(12-15-8-5-11-29-15)25-20(27)14-6-2-1-3-7-14/h1-13H,(H,25,27)(H,26,28)/b19-12+,24-13-. The maximum atomic E-state index is 13.8. The maximum Gasteiger partial charge on any atom is 0.287 e. The molecule has 0 bridgehead atoms. The first-order valence-corrected chi connectivity index (χ1v) is 9.69. The van der Waals surface area contributed by atoms with E-state index in [0.29, 0.717) is 5.56 Å². The van der Waals surface area contributed by atoms with Crippen LogP contribution in [0.2, 0.25) is 5.02 Å². The lowest BCUT2D eigenvalue weighted by Gasteiger charge is -2.08. The van der Waals surface area contributed by atoms with Crippen LogP contribution in [0.5, 0.6) is 0 Å². The van der Waals surface area contributed by atoms with Crippen molar-refractivity contribution in [2.75, 3.05) is 0 Å². The minimum absolute atomic E-state index is 0.00177. The topological polar surface area (TPSA) is 70.6 Å². The molecule has 29 heavy (non-hydrogen) atoms. The van der Waals surface area contributed by atoms with Crippen LogP contribution in [0, 0.1) is 5.82 Å². The summed E-state index contributed by atoms with van der Waals surface area (Å²) >= 11 is 7.33. The van der Waals surface area contributed by atoms with Gasteiger partial charge in [-0.2, -0.15) is 5.10 Å². The zero-order chi connectivity index (χ0) is 20.6. The van der Waals surface area contributed by atoms with Gasteiger partial charge in [0.2, 0.25) is 0 Å². The first-order chi connectivity index (χ1) is 14.0. The van der Waals surface area contributed by atoms with Crippen molar-refractivity contribution in [1.82, 2.24) is 10.7 Å². The Hall–Kier alpha value is -3.29. The van der Waals surface area contributed by atoms with Crippen LogP contribution >= 0.6 is 22.9 Å². The van der Waals surface area contributed by atoms with Gasteiger partial charge in [0, 0.05) is 16.0 Å². The lowest BCUT2D eigenvalue weighted by Crippen LogP contribution is -2.32. The SMILES string of the molecule is O=C(N/N=C\c1c(F)cccc1Cl)/C(=C\c1cccs1)NC(=O)c1ccccc1. The summed E-state index contributed by atoms with van der Waals surface area (Å²) in [6, 6.07) is 16.3. The summed E-state index contributed by atoms with van der Waals surface area (Å²) in [4.78, 5) is 25.8. The van der Waals surface area contributed by atoms with Gasteiger partial charge in [0.1, 0.15) is 11.5 Å². The molecular weight excluding hydrogens is 413 g/mol. The van der Waals surface area contributed by atoms with Gasteiger partial charge < -0.3 is 5.32 Å². The van der Waals surface area contributed by atoms with Crippen LogP contribution in [0.4, 0.5) is 4.39 Å². The fourth-order valence-electron chi connectivity index (χ4n) is 2.31.